The van der Waals surface area contributed by atoms with Gasteiger partial charge in [0.2, 0.25) is 0 Å². The van der Waals surface area contributed by atoms with Crippen molar-refractivity contribution in [2.45, 2.75) is 20.4 Å². The van der Waals surface area contributed by atoms with Crippen LogP contribution in [0.25, 0.3) is 11.0 Å². The summed E-state index contributed by atoms with van der Waals surface area (Å²) in [4.78, 5) is 34.3. The standard InChI is InChI=1S/C23H24ClFN4O2/c1-15(2)14-29-20-6-4-3-5-19(20)26-21(23(29)31)27-9-11-28(12-10-27)22(30)16-7-8-18(25)17(24)13-16/h3-8,13,15H,9-12,14H2,1-2H3. The van der Waals surface area contributed by atoms with Gasteiger partial charge in [-0.05, 0) is 36.2 Å². The molecule has 1 amide bonds. The fourth-order valence-electron chi connectivity index (χ4n) is 3.86. The molecule has 0 bridgehead atoms. The van der Waals surface area contributed by atoms with E-state index in [2.05, 4.69) is 18.8 Å². The molecule has 1 aliphatic rings. The Hall–Kier alpha value is -2.93. The monoisotopic (exact) mass is 442 g/mol. The maximum Gasteiger partial charge on any atom is 0.294 e. The number of carbonyl (C=O) groups excluding carboxylic acids is 1. The van der Waals surface area contributed by atoms with Gasteiger partial charge < -0.3 is 14.4 Å². The minimum Gasteiger partial charge on any atom is -0.348 e. The van der Waals surface area contributed by atoms with E-state index in [1.165, 1.54) is 18.2 Å². The molecule has 1 aromatic heterocycles. The number of benzene rings is 2. The molecule has 162 valence electrons. The van der Waals surface area contributed by atoms with Gasteiger partial charge in [0.15, 0.2) is 5.82 Å². The van der Waals surface area contributed by atoms with Crippen molar-refractivity contribution in [1.29, 1.82) is 0 Å². The number of carbonyl (C=O) groups is 1. The van der Waals surface area contributed by atoms with Gasteiger partial charge in [-0.1, -0.05) is 37.6 Å². The van der Waals surface area contributed by atoms with Gasteiger partial charge in [0.05, 0.1) is 16.1 Å². The first-order valence-electron chi connectivity index (χ1n) is 10.3. The van der Waals surface area contributed by atoms with Gasteiger partial charge in [-0.3, -0.25) is 9.59 Å². The molecule has 1 fully saturated rings. The summed E-state index contributed by atoms with van der Waals surface area (Å²) >= 11 is 5.82. The topological polar surface area (TPSA) is 58.4 Å². The largest absolute Gasteiger partial charge is 0.348 e. The first-order chi connectivity index (χ1) is 14.8. The van der Waals surface area contributed by atoms with Gasteiger partial charge in [0.25, 0.3) is 11.5 Å². The van der Waals surface area contributed by atoms with Crippen molar-refractivity contribution in [2.75, 3.05) is 31.1 Å². The maximum atomic E-state index is 13.4. The lowest BCUT2D eigenvalue weighted by molar-refractivity contribution is 0.0746. The van der Waals surface area contributed by atoms with E-state index < -0.39 is 5.82 Å². The van der Waals surface area contributed by atoms with E-state index in [1.807, 2.05) is 29.2 Å². The van der Waals surface area contributed by atoms with Crippen molar-refractivity contribution in [2.24, 2.45) is 5.92 Å². The molecule has 0 aliphatic carbocycles. The Morgan fingerprint density at radius 1 is 1.13 bits per heavy atom. The number of piperazine rings is 1. The van der Waals surface area contributed by atoms with E-state index >= 15 is 0 Å². The first-order valence-corrected chi connectivity index (χ1v) is 10.7. The van der Waals surface area contributed by atoms with E-state index in [-0.39, 0.29) is 16.5 Å². The number of hydrogen-bond donors (Lipinski definition) is 0. The average molecular weight is 443 g/mol. The number of nitrogens with zero attached hydrogens (tertiary/aromatic N) is 4. The Bertz CT molecular complexity index is 1190. The lowest BCUT2D eigenvalue weighted by Gasteiger charge is -2.35. The van der Waals surface area contributed by atoms with Gasteiger partial charge in [-0.2, -0.15) is 0 Å². The molecule has 1 saturated heterocycles. The highest BCUT2D eigenvalue weighted by Crippen LogP contribution is 2.20. The Morgan fingerprint density at radius 3 is 2.52 bits per heavy atom. The van der Waals surface area contributed by atoms with E-state index in [0.29, 0.717) is 50.0 Å². The quantitative estimate of drug-likeness (QED) is 0.616. The molecule has 2 heterocycles. The third-order valence-corrected chi connectivity index (χ3v) is 5.71. The second-order valence-corrected chi connectivity index (χ2v) is 8.55. The van der Waals surface area contributed by atoms with Crippen LogP contribution in [0, 0.1) is 11.7 Å². The molecule has 8 heteroatoms. The molecule has 1 aliphatic heterocycles. The summed E-state index contributed by atoms with van der Waals surface area (Å²) in [6.45, 7) is 6.61. The van der Waals surface area contributed by atoms with Crippen LogP contribution in [0.5, 0.6) is 0 Å². The summed E-state index contributed by atoms with van der Waals surface area (Å²) in [5.74, 6) is -0.0297. The highest BCUT2D eigenvalue weighted by atomic mass is 35.5. The van der Waals surface area contributed by atoms with Gasteiger partial charge in [0, 0.05) is 38.3 Å². The maximum absolute atomic E-state index is 13.4. The highest BCUT2D eigenvalue weighted by molar-refractivity contribution is 6.31. The summed E-state index contributed by atoms with van der Waals surface area (Å²) in [5.41, 5.74) is 1.84. The van der Waals surface area contributed by atoms with Crippen LogP contribution in [0.4, 0.5) is 10.2 Å². The molecule has 0 atom stereocenters. The van der Waals surface area contributed by atoms with Gasteiger partial charge in [-0.25, -0.2) is 9.37 Å². The lowest BCUT2D eigenvalue weighted by Crippen LogP contribution is -2.50. The molecular formula is C23H24ClFN4O2. The third-order valence-electron chi connectivity index (χ3n) is 5.42. The summed E-state index contributed by atoms with van der Waals surface area (Å²) in [7, 11) is 0. The van der Waals surface area contributed by atoms with Crippen molar-refractivity contribution in [3.05, 3.63) is 69.2 Å². The molecule has 0 spiro atoms. The predicted molar refractivity (Wildman–Crippen MR) is 120 cm³/mol. The summed E-state index contributed by atoms with van der Waals surface area (Å²) in [6.07, 6.45) is 0. The second-order valence-electron chi connectivity index (χ2n) is 8.14. The first kappa shape index (κ1) is 21.3. The SMILES string of the molecule is CC(C)Cn1c(=O)c(N2CCN(C(=O)c3ccc(F)c(Cl)c3)CC2)nc2ccccc21. The Kier molecular flexibility index (Phi) is 5.96. The fourth-order valence-corrected chi connectivity index (χ4v) is 4.04. The molecule has 2 aromatic carbocycles. The van der Waals surface area contributed by atoms with Crippen molar-refractivity contribution in [3.8, 4) is 0 Å². The molecule has 31 heavy (non-hydrogen) atoms. The Morgan fingerprint density at radius 2 is 1.84 bits per heavy atom. The molecule has 3 aromatic rings. The fraction of sp³-hybridized carbons (Fsp3) is 0.348. The minimum absolute atomic E-state index is 0.0736. The van der Waals surface area contributed by atoms with Crippen LogP contribution < -0.4 is 10.5 Å². The van der Waals surface area contributed by atoms with Gasteiger partial charge >= 0.3 is 0 Å². The number of halogens is 2. The van der Waals surface area contributed by atoms with Crippen LogP contribution in [0.3, 0.4) is 0 Å². The smallest absolute Gasteiger partial charge is 0.294 e. The molecule has 4 rings (SSSR count). The summed E-state index contributed by atoms with van der Waals surface area (Å²) < 4.78 is 15.2. The molecule has 0 radical (unpaired) electrons. The Labute approximate surface area is 184 Å². The zero-order chi connectivity index (χ0) is 22.1. The number of hydrogen-bond acceptors (Lipinski definition) is 4. The highest BCUT2D eigenvalue weighted by Gasteiger charge is 2.26. The number of fused-ring (bicyclic) bond motifs is 1. The van der Waals surface area contributed by atoms with Crippen LogP contribution in [0.1, 0.15) is 24.2 Å². The summed E-state index contributed by atoms with van der Waals surface area (Å²) in [5, 5.41) is -0.0736. The number of para-hydroxylation sites is 2. The van der Waals surface area contributed by atoms with Crippen molar-refractivity contribution in [1.82, 2.24) is 14.5 Å². The lowest BCUT2D eigenvalue weighted by atomic mass is 10.1. The Balaban J connectivity index is 1.57. The average Bonchev–Trinajstić information content (AvgIpc) is 2.77. The van der Waals surface area contributed by atoms with Crippen LogP contribution in [-0.4, -0.2) is 46.5 Å². The molecule has 6 nitrogen and oxygen atoms in total. The second kappa shape index (κ2) is 8.67. The van der Waals surface area contributed by atoms with Gasteiger partial charge in [-0.15, -0.1) is 0 Å². The van der Waals surface area contributed by atoms with Crippen LogP contribution in [0.2, 0.25) is 5.02 Å². The molecule has 0 N–H and O–H groups in total. The molecular weight excluding hydrogens is 419 g/mol. The zero-order valence-corrected chi connectivity index (χ0v) is 18.3. The number of amides is 1. The third kappa shape index (κ3) is 4.28. The van der Waals surface area contributed by atoms with E-state index in [1.54, 1.807) is 9.47 Å². The number of aromatic nitrogens is 2. The van der Waals surface area contributed by atoms with Gasteiger partial charge in [0.1, 0.15) is 5.82 Å². The van der Waals surface area contributed by atoms with Crippen molar-refractivity contribution < 1.29 is 9.18 Å². The summed E-state index contributed by atoms with van der Waals surface area (Å²) in [6, 6.07) is 11.6. The van der Waals surface area contributed by atoms with Crippen molar-refractivity contribution in [3.63, 3.8) is 0 Å². The van der Waals surface area contributed by atoms with E-state index in [0.717, 1.165) is 11.0 Å². The van der Waals surface area contributed by atoms with Crippen LogP contribution in [-0.2, 0) is 6.54 Å². The minimum atomic E-state index is -0.553. The van der Waals surface area contributed by atoms with Crippen LogP contribution in [0.15, 0.2) is 47.3 Å². The zero-order valence-electron chi connectivity index (χ0n) is 17.5. The normalized spacial score (nSPS) is 14.5. The van der Waals surface area contributed by atoms with Crippen LogP contribution >= 0.6 is 11.6 Å². The molecule has 0 saturated carbocycles. The van der Waals surface area contributed by atoms with E-state index in [4.69, 9.17) is 11.6 Å². The number of rotatable bonds is 4. The predicted octanol–water partition coefficient (Wildman–Crippen LogP) is 3.81. The van der Waals surface area contributed by atoms with Crippen molar-refractivity contribution >= 4 is 34.4 Å². The molecule has 0 unspecified atom stereocenters. The number of anilines is 1. The van der Waals surface area contributed by atoms with E-state index in [9.17, 15) is 14.0 Å².